The van der Waals surface area contributed by atoms with Gasteiger partial charge in [-0.2, -0.15) is 9.36 Å². The van der Waals surface area contributed by atoms with Crippen molar-refractivity contribution in [3.63, 3.8) is 0 Å². The SMILES string of the molecule is Cc1nc(-c2cc(C)c(OCCOc3cc(C)sn3)c(C)c2)no1. The fraction of sp³-hybridized carbons (Fsp3) is 0.353. The van der Waals surface area contributed by atoms with E-state index in [2.05, 4.69) is 14.5 Å². The lowest BCUT2D eigenvalue weighted by atomic mass is 10.1. The Kier molecular flexibility index (Phi) is 4.80. The standard InChI is InChI=1S/C17H19N3O3S/c1-10-7-14(17-18-13(4)23-19-17)8-11(2)16(10)22-6-5-21-15-9-12(3)24-20-15/h7-9H,5-6H2,1-4H3. The van der Waals surface area contributed by atoms with Crippen LogP contribution in [-0.2, 0) is 0 Å². The van der Waals surface area contributed by atoms with Crippen molar-refractivity contribution in [2.24, 2.45) is 0 Å². The first-order valence-corrected chi connectivity index (χ1v) is 8.41. The van der Waals surface area contributed by atoms with Gasteiger partial charge in [-0.25, -0.2) is 0 Å². The molecule has 0 spiro atoms. The maximum Gasteiger partial charge on any atom is 0.225 e. The molecule has 0 amide bonds. The molecular weight excluding hydrogens is 326 g/mol. The molecule has 0 N–H and O–H groups in total. The maximum absolute atomic E-state index is 5.88. The first-order valence-electron chi connectivity index (χ1n) is 7.64. The Bertz CT molecular complexity index is 818. The normalized spacial score (nSPS) is 10.8. The zero-order chi connectivity index (χ0) is 17.1. The van der Waals surface area contributed by atoms with E-state index >= 15 is 0 Å². The molecule has 0 aliphatic carbocycles. The number of aromatic nitrogens is 3. The summed E-state index contributed by atoms with van der Waals surface area (Å²) in [6.07, 6.45) is 0. The Labute approximate surface area is 144 Å². The monoisotopic (exact) mass is 345 g/mol. The van der Waals surface area contributed by atoms with E-state index < -0.39 is 0 Å². The van der Waals surface area contributed by atoms with Crippen LogP contribution in [0.4, 0.5) is 0 Å². The van der Waals surface area contributed by atoms with Crippen LogP contribution in [0, 0.1) is 27.7 Å². The van der Waals surface area contributed by atoms with Crippen LogP contribution >= 0.6 is 11.5 Å². The molecule has 0 saturated carbocycles. The van der Waals surface area contributed by atoms with Crippen molar-refractivity contribution < 1.29 is 14.0 Å². The Balaban J connectivity index is 1.63. The minimum atomic E-state index is 0.452. The molecule has 3 rings (SSSR count). The number of hydrogen-bond acceptors (Lipinski definition) is 7. The topological polar surface area (TPSA) is 70.3 Å². The highest BCUT2D eigenvalue weighted by molar-refractivity contribution is 7.05. The van der Waals surface area contributed by atoms with Gasteiger partial charge < -0.3 is 14.0 Å². The molecule has 0 atom stereocenters. The molecule has 0 saturated heterocycles. The molecule has 1 aromatic carbocycles. The minimum absolute atomic E-state index is 0.452. The molecule has 3 aromatic rings. The zero-order valence-corrected chi connectivity index (χ0v) is 14.9. The number of nitrogens with zero attached hydrogens (tertiary/aromatic N) is 3. The molecule has 0 radical (unpaired) electrons. The van der Waals surface area contributed by atoms with E-state index in [4.69, 9.17) is 14.0 Å². The lowest BCUT2D eigenvalue weighted by Crippen LogP contribution is -2.10. The van der Waals surface area contributed by atoms with Gasteiger partial charge in [0.1, 0.15) is 19.0 Å². The van der Waals surface area contributed by atoms with Gasteiger partial charge in [-0.3, -0.25) is 0 Å². The largest absolute Gasteiger partial charge is 0.489 e. The number of benzene rings is 1. The van der Waals surface area contributed by atoms with E-state index in [1.54, 1.807) is 6.92 Å². The summed E-state index contributed by atoms with van der Waals surface area (Å²) in [5.74, 6) is 2.65. The van der Waals surface area contributed by atoms with E-state index in [9.17, 15) is 0 Å². The quantitative estimate of drug-likeness (QED) is 0.631. The van der Waals surface area contributed by atoms with Gasteiger partial charge in [-0.1, -0.05) is 5.16 Å². The first-order chi connectivity index (χ1) is 11.5. The lowest BCUT2D eigenvalue weighted by Gasteiger charge is -2.13. The Morgan fingerprint density at radius 3 is 2.29 bits per heavy atom. The summed E-state index contributed by atoms with van der Waals surface area (Å²) >= 11 is 1.43. The number of ether oxygens (including phenoxy) is 2. The number of aryl methyl sites for hydroxylation is 4. The van der Waals surface area contributed by atoms with Crippen molar-refractivity contribution >= 4 is 11.5 Å². The van der Waals surface area contributed by atoms with Gasteiger partial charge in [0.15, 0.2) is 0 Å². The van der Waals surface area contributed by atoms with E-state index in [-0.39, 0.29) is 0 Å². The van der Waals surface area contributed by atoms with Crippen LogP contribution in [0.5, 0.6) is 11.6 Å². The van der Waals surface area contributed by atoms with Gasteiger partial charge in [-0.05, 0) is 55.6 Å². The molecule has 0 aliphatic rings. The summed E-state index contributed by atoms with van der Waals surface area (Å²) in [4.78, 5) is 5.39. The van der Waals surface area contributed by atoms with E-state index in [0.717, 1.165) is 27.3 Å². The number of hydrogen-bond donors (Lipinski definition) is 0. The first kappa shape index (κ1) is 16.4. The van der Waals surface area contributed by atoms with Crippen LogP contribution in [-0.4, -0.2) is 27.7 Å². The summed E-state index contributed by atoms with van der Waals surface area (Å²) in [7, 11) is 0. The van der Waals surface area contributed by atoms with Crippen molar-refractivity contribution in [3.05, 3.63) is 40.1 Å². The van der Waals surface area contributed by atoms with Crippen molar-refractivity contribution in [2.45, 2.75) is 27.7 Å². The predicted molar refractivity (Wildman–Crippen MR) is 91.8 cm³/mol. The average molecular weight is 345 g/mol. The van der Waals surface area contributed by atoms with Crippen LogP contribution in [0.2, 0.25) is 0 Å². The lowest BCUT2D eigenvalue weighted by molar-refractivity contribution is 0.211. The van der Waals surface area contributed by atoms with Gasteiger partial charge in [0.2, 0.25) is 17.6 Å². The second kappa shape index (κ2) is 7.00. The van der Waals surface area contributed by atoms with Crippen molar-refractivity contribution in [1.82, 2.24) is 14.5 Å². The minimum Gasteiger partial charge on any atom is -0.489 e. The highest BCUT2D eigenvalue weighted by Crippen LogP contribution is 2.29. The van der Waals surface area contributed by atoms with Gasteiger partial charge in [0.05, 0.1) is 0 Å². The van der Waals surface area contributed by atoms with Gasteiger partial charge in [0.25, 0.3) is 0 Å². The van der Waals surface area contributed by atoms with Crippen LogP contribution in [0.1, 0.15) is 21.9 Å². The molecule has 126 valence electrons. The summed E-state index contributed by atoms with van der Waals surface area (Å²) in [6.45, 7) is 8.69. The summed E-state index contributed by atoms with van der Waals surface area (Å²) in [5.41, 5.74) is 2.97. The highest BCUT2D eigenvalue weighted by Gasteiger charge is 2.12. The second-order valence-corrected chi connectivity index (χ2v) is 6.56. The summed E-state index contributed by atoms with van der Waals surface area (Å²) < 4.78 is 20.7. The number of rotatable bonds is 6. The molecule has 0 aliphatic heterocycles. The van der Waals surface area contributed by atoms with Crippen molar-refractivity contribution in [2.75, 3.05) is 13.2 Å². The molecule has 6 nitrogen and oxygen atoms in total. The molecule has 2 aromatic heterocycles. The highest BCUT2D eigenvalue weighted by atomic mass is 32.1. The molecule has 7 heteroatoms. The Hall–Kier alpha value is -2.41. The smallest absolute Gasteiger partial charge is 0.225 e. The van der Waals surface area contributed by atoms with E-state index in [0.29, 0.717) is 30.8 Å². The Morgan fingerprint density at radius 1 is 1.00 bits per heavy atom. The van der Waals surface area contributed by atoms with Crippen molar-refractivity contribution in [1.29, 1.82) is 0 Å². The van der Waals surface area contributed by atoms with Crippen LogP contribution in [0.3, 0.4) is 0 Å². The maximum atomic E-state index is 5.88. The molecule has 2 heterocycles. The molecule has 0 bridgehead atoms. The predicted octanol–water partition coefficient (Wildman–Crippen LogP) is 3.88. The van der Waals surface area contributed by atoms with Crippen molar-refractivity contribution in [3.8, 4) is 23.0 Å². The fourth-order valence-corrected chi connectivity index (χ4v) is 2.92. The van der Waals surface area contributed by atoms with Crippen LogP contribution in [0.25, 0.3) is 11.4 Å². The van der Waals surface area contributed by atoms with Crippen LogP contribution in [0.15, 0.2) is 22.7 Å². The van der Waals surface area contributed by atoms with Gasteiger partial charge in [0, 0.05) is 23.4 Å². The van der Waals surface area contributed by atoms with E-state index in [1.165, 1.54) is 11.5 Å². The summed E-state index contributed by atoms with van der Waals surface area (Å²) in [5, 5.41) is 3.96. The van der Waals surface area contributed by atoms with Crippen LogP contribution < -0.4 is 9.47 Å². The molecule has 0 fully saturated rings. The fourth-order valence-electron chi connectivity index (χ4n) is 2.43. The zero-order valence-electron chi connectivity index (χ0n) is 14.1. The van der Waals surface area contributed by atoms with E-state index in [1.807, 2.05) is 39.0 Å². The van der Waals surface area contributed by atoms with Gasteiger partial charge >= 0.3 is 0 Å². The third-order valence-corrected chi connectivity index (χ3v) is 4.11. The third-order valence-electron chi connectivity index (χ3n) is 3.43. The summed E-state index contributed by atoms with van der Waals surface area (Å²) in [6, 6.07) is 5.91. The molecular formula is C17H19N3O3S. The second-order valence-electron chi connectivity index (χ2n) is 5.55. The molecule has 24 heavy (non-hydrogen) atoms. The average Bonchev–Trinajstić information content (AvgIpc) is 3.14. The third kappa shape index (κ3) is 3.73. The molecule has 0 unspecified atom stereocenters. The Morgan fingerprint density at radius 2 is 1.71 bits per heavy atom. The van der Waals surface area contributed by atoms with Gasteiger partial charge in [-0.15, -0.1) is 0 Å².